The van der Waals surface area contributed by atoms with E-state index in [9.17, 15) is 0 Å². The second-order valence-corrected chi connectivity index (χ2v) is 5.13. The van der Waals surface area contributed by atoms with Crippen molar-refractivity contribution in [3.8, 4) is 0 Å². The van der Waals surface area contributed by atoms with Gasteiger partial charge in [0.1, 0.15) is 0 Å². The molecule has 1 aliphatic rings. The fourth-order valence-corrected chi connectivity index (χ4v) is 2.78. The first-order valence-electron chi connectivity index (χ1n) is 5.55. The molecule has 0 aliphatic heterocycles. The third kappa shape index (κ3) is 2.58. The van der Waals surface area contributed by atoms with Gasteiger partial charge in [-0.2, -0.15) is 12.6 Å². The Bertz CT molecular complexity index is 287. The van der Waals surface area contributed by atoms with Crippen LogP contribution in [0, 0.1) is 5.41 Å². The van der Waals surface area contributed by atoms with Crippen LogP contribution in [0.3, 0.4) is 0 Å². The van der Waals surface area contributed by atoms with Crippen LogP contribution in [0.5, 0.6) is 0 Å². The zero-order chi connectivity index (χ0) is 10.7. The van der Waals surface area contributed by atoms with Crippen LogP contribution < -0.4 is 0 Å². The van der Waals surface area contributed by atoms with Gasteiger partial charge in [0.2, 0.25) is 0 Å². The maximum absolute atomic E-state index is 5.07. The Morgan fingerprint density at radius 3 is 2.80 bits per heavy atom. The molecule has 1 heterocycles. The third-order valence-corrected chi connectivity index (χ3v) is 4.06. The van der Waals surface area contributed by atoms with Crippen molar-refractivity contribution in [1.29, 1.82) is 0 Å². The van der Waals surface area contributed by atoms with Gasteiger partial charge < -0.3 is 9.32 Å². The van der Waals surface area contributed by atoms with E-state index < -0.39 is 0 Å². The van der Waals surface area contributed by atoms with Crippen LogP contribution in [0.25, 0.3) is 0 Å². The summed E-state index contributed by atoms with van der Waals surface area (Å²) < 4.78 is 5.07. The Labute approximate surface area is 97.1 Å². The molecule has 1 fully saturated rings. The van der Waals surface area contributed by atoms with Crippen LogP contribution in [0.2, 0.25) is 0 Å². The quantitative estimate of drug-likeness (QED) is 0.776. The van der Waals surface area contributed by atoms with Crippen LogP contribution in [0.4, 0.5) is 0 Å². The van der Waals surface area contributed by atoms with Crippen molar-refractivity contribution in [2.45, 2.75) is 25.8 Å². The number of hydrogen-bond donors (Lipinski definition) is 1. The van der Waals surface area contributed by atoms with Crippen molar-refractivity contribution in [3.63, 3.8) is 0 Å². The molecule has 0 unspecified atom stereocenters. The number of nitrogens with zero attached hydrogens (tertiary/aromatic N) is 1. The van der Waals surface area contributed by atoms with Crippen LogP contribution in [0.15, 0.2) is 23.0 Å². The van der Waals surface area contributed by atoms with Crippen LogP contribution in [-0.2, 0) is 6.54 Å². The molecule has 0 atom stereocenters. The lowest BCUT2D eigenvalue weighted by molar-refractivity contribution is 0.101. The first kappa shape index (κ1) is 11.1. The first-order chi connectivity index (χ1) is 7.24. The Hall–Kier alpha value is -0.410. The summed E-state index contributed by atoms with van der Waals surface area (Å²) in [6.45, 7) is 2.13. The molecule has 1 aromatic rings. The molecule has 0 amide bonds. The Balaban J connectivity index is 1.84. The maximum atomic E-state index is 5.07. The summed E-state index contributed by atoms with van der Waals surface area (Å²) in [7, 11) is 2.18. The van der Waals surface area contributed by atoms with E-state index in [2.05, 4.69) is 24.6 Å². The smallest absolute Gasteiger partial charge is 0.0947 e. The van der Waals surface area contributed by atoms with Crippen molar-refractivity contribution in [3.05, 3.63) is 24.2 Å². The van der Waals surface area contributed by atoms with Crippen molar-refractivity contribution in [1.82, 2.24) is 4.90 Å². The molecule has 15 heavy (non-hydrogen) atoms. The van der Waals surface area contributed by atoms with E-state index in [4.69, 9.17) is 4.42 Å². The molecule has 0 radical (unpaired) electrons. The van der Waals surface area contributed by atoms with Crippen molar-refractivity contribution in [2.24, 2.45) is 5.41 Å². The van der Waals surface area contributed by atoms with Crippen LogP contribution >= 0.6 is 12.6 Å². The standard InChI is InChI=1S/C12H19NOS/c1-13(7-11-3-6-14-8-11)9-12(10-15)4-2-5-12/h3,6,8,15H,2,4-5,7,9-10H2,1H3. The van der Waals surface area contributed by atoms with Crippen LogP contribution in [-0.4, -0.2) is 24.2 Å². The normalized spacial score (nSPS) is 19.1. The summed E-state index contributed by atoms with van der Waals surface area (Å²) in [4.78, 5) is 2.38. The van der Waals surface area contributed by atoms with E-state index in [0.717, 1.165) is 18.8 Å². The molecule has 3 heteroatoms. The predicted octanol–water partition coefficient (Wildman–Crippen LogP) is 2.81. The van der Waals surface area contributed by atoms with Gasteiger partial charge in [0.15, 0.2) is 0 Å². The van der Waals surface area contributed by atoms with Gasteiger partial charge in [-0.05, 0) is 37.1 Å². The van der Waals surface area contributed by atoms with E-state index in [1.165, 1.54) is 24.8 Å². The second kappa shape index (κ2) is 4.62. The fraction of sp³-hybridized carbons (Fsp3) is 0.667. The molecule has 0 N–H and O–H groups in total. The lowest BCUT2D eigenvalue weighted by atomic mass is 9.70. The predicted molar refractivity (Wildman–Crippen MR) is 65.2 cm³/mol. The van der Waals surface area contributed by atoms with Gasteiger partial charge in [-0.25, -0.2) is 0 Å². The minimum atomic E-state index is 0.488. The highest BCUT2D eigenvalue weighted by molar-refractivity contribution is 7.80. The Kier molecular flexibility index (Phi) is 3.42. The molecule has 84 valence electrons. The van der Waals surface area contributed by atoms with Gasteiger partial charge >= 0.3 is 0 Å². The number of rotatable bonds is 5. The van der Waals surface area contributed by atoms with Gasteiger partial charge in [0.05, 0.1) is 12.5 Å². The highest BCUT2D eigenvalue weighted by Crippen LogP contribution is 2.42. The van der Waals surface area contributed by atoms with E-state index in [0.29, 0.717) is 5.41 Å². The van der Waals surface area contributed by atoms with E-state index in [1.54, 1.807) is 6.26 Å². The van der Waals surface area contributed by atoms with E-state index in [1.807, 2.05) is 12.3 Å². The monoisotopic (exact) mass is 225 g/mol. The minimum absolute atomic E-state index is 0.488. The summed E-state index contributed by atoms with van der Waals surface area (Å²) in [6, 6.07) is 2.03. The van der Waals surface area contributed by atoms with E-state index >= 15 is 0 Å². The van der Waals surface area contributed by atoms with Crippen molar-refractivity contribution in [2.75, 3.05) is 19.3 Å². The number of furan rings is 1. The molecule has 2 nitrogen and oxygen atoms in total. The maximum Gasteiger partial charge on any atom is 0.0947 e. The molecule has 0 spiro atoms. The third-order valence-electron chi connectivity index (χ3n) is 3.39. The molecular weight excluding hydrogens is 206 g/mol. The molecular formula is C12H19NOS. The highest BCUT2D eigenvalue weighted by atomic mass is 32.1. The van der Waals surface area contributed by atoms with Crippen LogP contribution in [0.1, 0.15) is 24.8 Å². The largest absolute Gasteiger partial charge is 0.472 e. The topological polar surface area (TPSA) is 16.4 Å². The molecule has 0 bridgehead atoms. The van der Waals surface area contributed by atoms with Gasteiger partial charge in [0.25, 0.3) is 0 Å². The SMILES string of the molecule is CN(Cc1ccoc1)CC1(CS)CCC1. The average Bonchev–Trinajstić information content (AvgIpc) is 2.64. The molecule has 1 aliphatic carbocycles. The number of hydrogen-bond acceptors (Lipinski definition) is 3. The summed E-state index contributed by atoms with van der Waals surface area (Å²) in [6.07, 6.45) is 7.62. The number of thiol groups is 1. The molecule has 0 aromatic carbocycles. The first-order valence-corrected chi connectivity index (χ1v) is 6.18. The Morgan fingerprint density at radius 1 is 1.53 bits per heavy atom. The minimum Gasteiger partial charge on any atom is -0.472 e. The van der Waals surface area contributed by atoms with Crippen molar-refractivity contribution >= 4 is 12.6 Å². The molecule has 0 saturated heterocycles. The summed E-state index contributed by atoms with van der Waals surface area (Å²) >= 11 is 4.48. The van der Waals surface area contributed by atoms with Gasteiger partial charge in [-0.15, -0.1) is 0 Å². The molecule has 1 saturated carbocycles. The molecule has 2 rings (SSSR count). The zero-order valence-corrected chi connectivity index (χ0v) is 10.2. The van der Waals surface area contributed by atoms with Gasteiger partial charge in [-0.3, -0.25) is 0 Å². The summed E-state index contributed by atoms with van der Waals surface area (Å²) in [5.74, 6) is 1.02. The lowest BCUT2D eigenvalue weighted by Crippen LogP contribution is -2.41. The summed E-state index contributed by atoms with van der Waals surface area (Å²) in [5, 5.41) is 0. The summed E-state index contributed by atoms with van der Waals surface area (Å²) in [5.41, 5.74) is 1.74. The lowest BCUT2D eigenvalue weighted by Gasteiger charge is -2.43. The van der Waals surface area contributed by atoms with Crippen molar-refractivity contribution < 1.29 is 4.42 Å². The second-order valence-electron chi connectivity index (χ2n) is 4.82. The highest BCUT2D eigenvalue weighted by Gasteiger charge is 2.36. The fourth-order valence-electron chi connectivity index (χ4n) is 2.37. The average molecular weight is 225 g/mol. The van der Waals surface area contributed by atoms with Gasteiger partial charge in [-0.1, -0.05) is 6.42 Å². The Morgan fingerprint density at radius 2 is 2.33 bits per heavy atom. The molecule has 1 aromatic heterocycles. The van der Waals surface area contributed by atoms with Gasteiger partial charge in [0, 0.05) is 18.7 Å². The zero-order valence-electron chi connectivity index (χ0n) is 9.28. The van der Waals surface area contributed by atoms with E-state index in [-0.39, 0.29) is 0 Å².